The Morgan fingerprint density at radius 2 is 2.27 bits per heavy atom. The van der Waals surface area contributed by atoms with Crippen molar-refractivity contribution in [2.75, 3.05) is 5.33 Å². The number of aromatic nitrogens is 1. The van der Waals surface area contributed by atoms with Gasteiger partial charge in [-0.2, -0.15) is 4.57 Å². The number of allylic oxidation sites excluding steroid dienone is 2. The fraction of sp³-hybridized carbons (Fsp3) is 0.286. The molecule has 0 saturated heterocycles. The maximum Gasteiger partial charge on any atom is 0.224 e. The summed E-state index contributed by atoms with van der Waals surface area (Å²) in [5, 5.41) is 3.01. The quantitative estimate of drug-likeness (QED) is 0.286. The second-order valence-corrected chi connectivity index (χ2v) is 3.25. The minimum atomic E-state index is 0. The molecule has 1 rings (SSSR count). The Morgan fingerprint density at radius 3 is 2.82 bits per heavy atom. The summed E-state index contributed by atoms with van der Waals surface area (Å²) in [4.78, 5) is 0. The molecule has 0 bridgehead atoms. The third-order valence-corrected chi connectivity index (χ3v) is 2.14. The molecule has 0 aliphatic carbocycles. The van der Waals surface area contributed by atoms with Crippen LogP contribution in [-0.2, 0) is 6.54 Å². The van der Waals surface area contributed by atoms with Gasteiger partial charge in [0.15, 0.2) is 12.7 Å². The Hall–Kier alpha value is 0.580. The topological polar surface area (TPSA) is 3.88 Å². The molecule has 0 amide bonds. The van der Waals surface area contributed by atoms with Gasteiger partial charge in [-0.15, -0.1) is 0 Å². The highest BCUT2D eigenvalue weighted by Crippen LogP contribution is 1.88. The first-order valence-corrected chi connectivity index (χ1v) is 5.12. The molecule has 1 aromatic rings. The Balaban J connectivity index is 0.000001000. The van der Waals surface area contributed by atoms with Gasteiger partial charge in [0.1, 0.15) is 0 Å². The van der Waals surface area contributed by atoms with Crippen LogP contribution in [0.15, 0.2) is 29.2 Å². The third kappa shape index (κ3) is 4.92. The molecule has 0 fully saturated rings. The Labute approximate surface area is 96.3 Å². The summed E-state index contributed by atoms with van der Waals surface area (Å²) in [6, 6.07) is 0. The van der Waals surface area contributed by atoms with Gasteiger partial charge < -0.3 is 24.0 Å². The predicted octanol–water partition coefficient (Wildman–Crippen LogP) is -1.01. The first-order valence-electron chi connectivity index (χ1n) is 3.05. The van der Waals surface area contributed by atoms with Crippen LogP contribution in [0.1, 0.15) is 0 Å². The van der Waals surface area contributed by atoms with Gasteiger partial charge in [0.25, 0.3) is 0 Å². The van der Waals surface area contributed by atoms with Crippen LogP contribution in [0.25, 0.3) is 0 Å². The fourth-order valence-electron chi connectivity index (χ4n) is 0.625. The lowest BCUT2D eigenvalue weighted by atomic mass is 10.5. The van der Waals surface area contributed by atoms with Crippen LogP contribution < -0.4 is 28.5 Å². The molecular weight excluding hydrogens is 337 g/mol. The highest BCUT2D eigenvalue weighted by Gasteiger charge is 1.92. The number of nitrogens with zero attached hydrogens (tertiary/aromatic N) is 1. The monoisotopic (exact) mass is 345 g/mol. The summed E-state index contributed by atoms with van der Waals surface area (Å²) in [6.07, 6.45) is 6.31. The molecule has 0 spiro atoms. The van der Waals surface area contributed by atoms with E-state index in [2.05, 4.69) is 49.7 Å². The lowest BCUT2D eigenvalue weighted by molar-refractivity contribution is -0.682. The highest BCUT2D eigenvalue weighted by atomic mass is 127. The van der Waals surface area contributed by atoms with Gasteiger partial charge in [-0.3, -0.25) is 0 Å². The minimum Gasteiger partial charge on any atom is -1.00 e. The van der Waals surface area contributed by atoms with E-state index in [1.807, 2.05) is 0 Å². The van der Waals surface area contributed by atoms with E-state index in [1.165, 1.54) is 0 Å². The van der Waals surface area contributed by atoms with Gasteiger partial charge in [0.2, 0.25) is 5.51 Å². The molecule has 0 atom stereocenters. The zero-order chi connectivity index (χ0) is 7.23. The van der Waals surface area contributed by atoms with E-state index in [4.69, 9.17) is 0 Å². The van der Waals surface area contributed by atoms with E-state index in [9.17, 15) is 0 Å². The Bertz CT molecular complexity index is 198. The molecule has 0 radical (unpaired) electrons. The summed E-state index contributed by atoms with van der Waals surface area (Å²) < 4.78 is 2.14. The lowest BCUT2D eigenvalue weighted by Crippen LogP contribution is -3.00. The molecule has 0 aliphatic heterocycles. The van der Waals surface area contributed by atoms with Crippen LogP contribution in [-0.4, -0.2) is 5.33 Å². The first kappa shape index (κ1) is 11.6. The van der Waals surface area contributed by atoms with Crippen molar-refractivity contribution in [3.63, 3.8) is 0 Å². The largest absolute Gasteiger partial charge is 1.00 e. The smallest absolute Gasteiger partial charge is 0.224 e. The average Bonchev–Trinajstić information content (AvgIpc) is 2.41. The summed E-state index contributed by atoms with van der Waals surface area (Å²) in [7, 11) is 0. The number of alkyl halides is 1. The normalized spacial score (nSPS) is 9.91. The molecular formula is C7H9BrINS. The van der Waals surface area contributed by atoms with Crippen molar-refractivity contribution in [2.24, 2.45) is 0 Å². The molecule has 0 aromatic carbocycles. The predicted molar refractivity (Wildman–Crippen MR) is 47.4 cm³/mol. The van der Waals surface area contributed by atoms with Crippen LogP contribution >= 0.6 is 27.3 Å². The van der Waals surface area contributed by atoms with Crippen molar-refractivity contribution in [2.45, 2.75) is 6.54 Å². The maximum absolute atomic E-state index is 3.32. The van der Waals surface area contributed by atoms with Gasteiger partial charge in [-0.25, -0.2) is 0 Å². The number of hydrogen-bond acceptors (Lipinski definition) is 1. The summed E-state index contributed by atoms with van der Waals surface area (Å²) in [6.45, 7) is 0.981. The fourth-order valence-corrected chi connectivity index (χ4v) is 1.50. The Kier molecular flexibility index (Phi) is 7.62. The highest BCUT2D eigenvalue weighted by molar-refractivity contribution is 9.09. The molecule has 1 heterocycles. The van der Waals surface area contributed by atoms with Crippen molar-refractivity contribution in [3.05, 3.63) is 29.2 Å². The Morgan fingerprint density at radius 1 is 1.45 bits per heavy atom. The molecule has 1 nitrogen and oxygen atoms in total. The van der Waals surface area contributed by atoms with E-state index >= 15 is 0 Å². The van der Waals surface area contributed by atoms with Gasteiger partial charge in [0.05, 0.1) is 5.38 Å². The van der Waals surface area contributed by atoms with E-state index < -0.39 is 0 Å². The van der Waals surface area contributed by atoms with E-state index in [-0.39, 0.29) is 24.0 Å². The molecule has 11 heavy (non-hydrogen) atoms. The third-order valence-electron chi connectivity index (χ3n) is 1.10. The molecule has 4 heteroatoms. The number of thiazole rings is 1. The molecule has 0 N–H and O–H groups in total. The number of hydrogen-bond donors (Lipinski definition) is 0. The SMILES string of the molecule is BrC/C=C\C[n+]1ccsc1.[I-]. The van der Waals surface area contributed by atoms with E-state index in [0.717, 1.165) is 11.9 Å². The zero-order valence-electron chi connectivity index (χ0n) is 5.91. The zero-order valence-corrected chi connectivity index (χ0v) is 10.5. The second-order valence-electron chi connectivity index (χ2n) is 1.85. The molecule has 62 valence electrons. The molecule has 0 aliphatic rings. The number of halogens is 2. The minimum absolute atomic E-state index is 0. The molecule has 0 unspecified atom stereocenters. The van der Waals surface area contributed by atoms with Crippen LogP contribution in [0.3, 0.4) is 0 Å². The molecule has 0 saturated carbocycles. The number of rotatable bonds is 3. The lowest BCUT2D eigenvalue weighted by Gasteiger charge is -1.81. The van der Waals surface area contributed by atoms with Gasteiger partial charge >= 0.3 is 0 Å². The van der Waals surface area contributed by atoms with Crippen LogP contribution in [0.4, 0.5) is 0 Å². The average molecular weight is 346 g/mol. The van der Waals surface area contributed by atoms with Crippen LogP contribution in [0, 0.1) is 0 Å². The van der Waals surface area contributed by atoms with Gasteiger partial charge in [-0.05, 0) is 6.08 Å². The van der Waals surface area contributed by atoms with Crippen molar-refractivity contribution >= 4 is 27.3 Å². The first-order chi connectivity index (χ1) is 4.93. The maximum atomic E-state index is 3.32. The van der Waals surface area contributed by atoms with E-state index in [0.29, 0.717) is 0 Å². The van der Waals surface area contributed by atoms with Crippen molar-refractivity contribution < 1.29 is 28.5 Å². The van der Waals surface area contributed by atoms with Gasteiger partial charge in [-0.1, -0.05) is 33.3 Å². The molecule has 1 aromatic heterocycles. The van der Waals surface area contributed by atoms with Crippen LogP contribution in [0.2, 0.25) is 0 Å². The standard InChI is InChI=1S/C7H9BrNS.HI/c8-3-1-2-4-9-5-6-10-7-9;/h1-2,5-7H,3-4H2;1H/q+1;/p-1/b2-1-;. The van der Waals surface area contributed by atoms with Crippen molar-refractivity contribution in [3.8, 4) is 0 Å². The van der Waals surface area contributed by atoms with Gasteiger partial charge in [0, 0.05) is 5.33 Å². The van der Waals surface area contributed by atoms with Crippen molar-refractivity contribution in [1.29, 1.82) is 0 Å². The van der Waals surface area contributed by atoms with Crippen molar-refractivity contribution in [1.82, 2.24) is 0 Å². The van der Waals surface area contributed by atoms with E-state index in [1.54, 1.807) is 11.3 Å². The summed E-state index contributed by atoms with van der Waals surface area (Å²) in [5.74, 6) is 0. The second kappa shape index (κ2) is 7.24. The van der Waals surface area contributed by atoms with Crippen LogP contribution in [0.5, 0.6) is 0 Å². The summed E-state index contributed by atoms with van der Waals surface area (Å²) >= 11 is 5.04. The summed E-state index contributed by atoms with van der Waals surface area (Å²) in [5.41, 5.74) is 2.10.